The molecule has 0 aromatic carbocycles. The van der Waals surface area contributed by atoms with Crippen molar-refractivity contribution in [1.82, 2.24) is 10.3 Å². The maximum Gasteiger partial charge on any atom is 0.129 e. The lowest BCUT2D eigenvalue weighted by Crippen LogP contribution is -2.48. The van der Waals surface area contributed by atoms with Crippen molar-refractivity contribution in [1.29, 1.82) is 0 Å². The van der Waals surface area contributed by atoms with Gasteiger partial charge in [0.1, 0.15) is 5.82 Å². The minimum atomic E-state index is 0.515. The summed E-state index contributed by atoms with van der Waals surface area (Å²) in [6.07, 6.45) is 1.85. The number of halogens is 1. The van der Waals surface area contributed by atoms with Crippen LogP contribution < -0.4 is 10.2 Å². The fourth-order valence-electron chi connectivity index (χ4n) is 1.45. The molecule has 1 aliphatic heterocycles. The largest absolute Gasteiger partial charge is 0.342 e. The summed E-state index contributed by atoms with van der Waals surface area (Å²) in [5.41, 5.74) is 0. The third-order valence-corrected chi connectivity index (χ3v) is 3.24. The van der Waals surface area contributed by atoms with Gasteiger partial charge in [0, 0.05) is 25.8 Å². The zero-order valence-electron chi connectivity index (χ0n) is 7.28. The molecule has 3 nitrogen and oxygen atoms in total. The molecule has 1 N–H and O–H groups in total. The molecule has 2 heterocycles. The van der Waals surface area contributed by atoms with Crippen molar-refractivity contribution < 1.29 is 0 Å². The van der Waals surface area contributed by atoms with Gasteiger partial charge in [-0.25, -0.2) is 4.98 Å². The molecule has 2 rings (SSSR count). The van der Waals surface area contributed by atoms with Crippen LogP contribution >= 0.6 is 22.6 Å². The third kappa shape index (κ3) is 2.11. The smallest absolute Gasteiger partial charge is 0.129 e. The van der Waals surface area contributed by atoms with Crippen LogP contribution in [0.15, 0.2) is 24.4 Å². The summed E-state index contributed by atoms with van der Waals surface area (Å²) in [5, 5.41) is 3.36. The Labute approximate surface area is 91.7 Å². The van der Waals surface area contributed by atoms with Crippen LogP contribution in [0.3, 0.4) is 0 Å². The van der Waals surface area contributed by atoms with E-state index in [1.54, 1.807) is 0 Å². The minimum Gasteiger partial charge on any atom is -0.342 e. The Morgan fingerprint density at radius 3 is 3.15 bits per heavy atom. The molecule has 1 aromatic rings. The van der Waals surface area contributed by atoms with Crippen molar-refractivity contribution in [3.8, 4) is 0 Å². The van der Waals surface area contributed by atoms with E-state index in [1.165, 1.54) is 0 Å². The first-order chi connectivity index (χ1) is 6.38. The fourth-order valence-corrected chi connectivity index (χ4v) is 2.33. The zero-order valence-corrected chi connectivity index (χ0v) is 9.44. The van der Waals surface area contributed by atoms with Gasteiger partial charge in [-0.15, -0.1) is 0 Å². The number of aromatic nitrogens is 1. The molecular weight excluding hydrogens is 277 g/mol. The predicted molar refractivity (Wildman–Crippen MR) is 62.3 cm³/mol. The summed E-state index contributed by atoms with van der Waals surface area (Å²) in [7, 11) is 0. The topological polar surface area (TPSA) is 28.2 Å². The number of pyridine rings is 1. The van der Waals surface area contributed by atoms with E-state index in [0.717, 1.165) is 25.5 Å². The molecule has 1 fully saturated rings. The molecule has 13 heavy (non-hydrogen) atoms. The van der Waals surface area contributed by atoms with E-state index in [9.17, 15) is 0 Å². The lowest BCUT2D eigenvalue weighted by molar-refractivity contribution is 0.572. The van der Waals surface area contributed by atoms with Gasteiger partial charge in [0.15, 0.2) is 0 Å². The van der Waals surface area contributed by atoms with Crippen molar-refractivity contribution in [3.05, 3.63) is 24.4 Å². The third-order valence-electron chi connectivity index (χ3n) is 2.12. The van der Waals surface area contributed by atoms with Crippen LogP contribution in [0.5, 0.6) is 0 Å². The number of hydrogen-bond donors (Lipinski definition) is 1. The van der Waals surface area contributed by atoms with Crippen molar-refractivity contribution >= 4 is 28.4 Å². The molecule has 0 saturated carbocycles. The first kappa shape index (κ1) is 9.21. The number of alkyl halides is 1. The van der Waals surface area contributed by atoms with E-state index in [2.05, 4.69) is 43.9 Å². The molecule has 0 bridgehead atoms. The molecule has 4 heteroatoms. The second-order valence-electron chi connectivity index (χ2n) is 3.02. The van der Waals surface area contributed by atoms with Crippen LogP contribution in [-0.2, 0) is 0 Å². The monoisotopic (exact) mass is 289 g/mol. The minimum absolute atomic E-state index is 0.515. The molecule has 1 unspecified atom stereocenters. The van der Waals surface area contributed by atoms with E-state index in [0.29, 0.717) is 4.05 Å². The van der Waals surface area contributed by atoms with Crippen LogP contribution in [0.25, 0.3) is 0 Å². The Kier molecular flexibility index (Phi) is 3.00. The van der Waals surface area contributed by atoms with Crippen LogP contribution in [0.1, 0.15) is 0 Å². The van der Waals surface area contributed by atoms with Crippen molar-refractivity contribution in [2.24, 2.45) is 0 Å². The summed E-state index contributed by atoms with van der Waals surface area (Å²) in [4.78, 5) is 6.68. The highest BCUT2D eigenvalue weighted by molar-refractivity contribution is 14.1. The summed E-state index contributed by atoms with van der Waals surface area (Å²) in [6, 6.07) is 6.05. The van der Waals surface area contributed by atoms with E-state index in [-0.39, 0.29) is 0 Å². The molecule has 0 amide bonds. The Balaban J connectivity index is 2.15. The molecular formula is C9H12IN3. The lowest BCUT2D eigenvalue weighted by Gasteiger charge is -2.33. The average molecular weight is 289 g/mol. The maximum atomic E-state index is 4.35. The van der Waals surface area contributed by atoms with Crippen molar-refractivity contribution in [3.63, 3.8) is 0 Å². The summed E-state index contributed by atoms with van der Waals surface area (Å²) < 4.78 is 0.515. The molecule has 0 spiro atoms. The number of nitrogens with one attached hydrogen (secondary N) is 1. The van der Waals surface area contributed by atoms with E-state index >= 15 is 0 Å². The second-order valence-corrected chi connectivity index (χ2v) is 4.46. The highest BCUT2D eigenvalue weighted by Crippen LogP contribution is 2.18. The van der Waals surface area contributed by atoms with Crippen LogP contribution in [0.4, 0.5) is 5.82 Å². The highest BCUT2D eigenvalue weighted by atomic mass is 127. The normalized spacial score (nSPS) is 23.2. The van der Waals surface area contributed by atoms with Crippen LogP contribution in [0.2, 0.25) is 0 Å². The number of hydrogen-bond acceptors (Lipinski definition) is 3. The maximum absolute atomic E-state index is 4.35. The van der Waals surface area contributed by atoms with Crippen molar-refractivity contribution in [2.45, 2.75) is 4.05 Å². The Bertz CT molecular complexity index is 265. The van der Waals surface area contributed by atoms with Gasteiger partial charge in [0.25, 0.3) is 0 Å². The molecule has 1 atom stereocenters. The first-order valence-corrected chi connectivity index (χ1v) is 5.65. The predicted octanol–water partition coefficient (Wildman–Crippen LogP) is 1.25. The number of nitrogens with zero attached hydrogens (tertiary/aromatic N) is 2. The van der Waals surface area contributed by atoms with Gasteiger partial charge in [0.2, 0.25) is 0 Å². The molecule has 0 radical (unpaired) electrons. The number of anilines is 1. The quantitative estimate of drug-likeness (QED) is 0.479. The number of piperazine rings is 1. The van der Waals surface area contributed by atoms with Gasteiger partial charge in [-0.3, -0.25) is 0 Å². The van der Waals surface area contributed by atoms with Crippen LogP contribution in [0, 0.1) is 0 Å². The molecule has 1 aliphatic rings. The summed E-state index contributed by atoms with van der Waals surface area (Å²) >= 11 is 2.45. The Morgan fingerprint density at radius 1 is 1.54 bits per heavy atom. The molecule has 1 aromatic heterocycles. The Hall–Kier alpha value is -0.360. The Morgan fingerprint density at radius 2 is 2.46 bits per heavy atom. The van der Waals surface area contributed by atoms with Crippen LogP contribution in [-0.4, -0.2) is 28.7 Å². The van der Waals surface area contributed by atoms with Gasteiger partial charge in [-0.1, -0.05) is 28.7 Å². The van der Waals surface area contributed by atoms with E-state index in [1.807, 2.05) is 18.3 Å². The molecule has 0 aliphatic carbocycles. The number of rotatable bonds is 1. The fraction of sp³-hybridized carbons (Fsp3) is 0.444. The van der Waals surface area contributed by atoms with Gasteiger partial charge < -0.3 is 10.2 Å². The standard InChI is InChI=1S/C9H12IN3/c10-8-7-11-5-6-13(8)9-3-1-2-4-12-9/h1-4,8,11H,5-7H2. The van der Waals surface area contributed by atoms with Gasteiger partial charge >= 0.3 is 0 Å². The molecule has 1 saturated heterocycles. The zero-order chi connectivity index (χ0) is 9.10. The van der Waals surface area contributed by atoms with Gasteiger partial charge in [0.05, 0.1) is 4.05 Å². The summed E-state index contributed by atoms with van der Waals surface area (Å²) in [6.45, 7) is 3.14. The summed E-state index contributed by atoms with van der Waals surface area (Å²) in [5.74, 6) is 1.09. The van der Waals surface area contributed by atoms with Gasteiger partial charge in [-0.2, -0.15) is 0 Å². The average Bonchev–Trinajstić information content (AvgIpc) is 2.20. The lowest BCUT2D eigenvalue weighted by atomic mass is 10.3. The highest BCUT2D eigenvalue weighted by Gasteiger charge is 2.19. The van der Waals surface area contributed by atoms with E-state index in [4.69, 9.17) is 0 Å². The molecule has 70 valence electrons. The second kappa shape index (κ2) is 4.23. The van der Waals surface area contributed by atoms with Crippen molar-refractivity contribution in [2.75, 3.05) is 24.5 Å². The van der Waals surface area contributed by atoms with E-state index < -0.39 is 0 Å². The van der Waals surface area contributed by atoms with Gasteiger partial charge in [-0.05, 0) is 12.1 Å². The SMILES string of the molecule is IC1CNCCN1c1ccccn1. The first-order valence-electron chi connectivity index (χ1n) is 4.40.